The van der Waals surface area contributed by atoms with Crippen molar-refractivity contribution in [3.63, 3.8) is 0 Å². The zero-order valence-electron chi connectivity index (χ0n) is 23.3. The lowest BCUT2D eigenvalue weighted by atomic mass is 10.1. The fourth-order valence-corrected chi connectivity index (χ4v) is 6.75. The molecule has 0 radical (unpaired) electrons. The smallest absolute Gasteiger partial charge is 0.265 e. The predicted molar refractivity (Wildman–Crippen MR) is 169 cm³/mol. The normalized spacial score (nSPS) is 17.0. The van der Waals surface area contributed by atoms with Crippen LogP contribution in [-0.4, -0.2) is 65.1 Å². The molecule has 2 aromatic rings. The van der Waals surface area contributed by atoms with Crippen molar-refractivity contribution in [1.29, 1.82) is 0 Å². The van der Waals surface area contributed by atoms with Gasteiger partial charge in [-0.3, -0.25) is 23.9 Å². The highest BCUT2D eigenvalue weighted by Gasteiger charge is 2.38. The van der Waals surface area contributed by atoms with Crippen LogP contribution < -0.4 is 4.90 Å². The molecule has 0 bridgehead atoms. The van der Waals surface area contributed by atoms with Crippen LogP contribution in [-0.2, 0) is 19.7 Å². The number of rotatable bonds is 12. The van der Waals surface area contributed by atoms with Crippen molar-refractivity contribution in [2.45, 2.75) is 50.8 Å². The first kappa shape index (κ1) is 31.0. The number of anilines is 1. The maximum Gasteiger partial charge on any atom is 0.265 e. The second kappa shape index (κ2) is 13.8. The van der Waals surface area contributed by atoms with Gasteiger partial charge in [0.25, 0.3) is 21.9 Å². The number of amides is 2. The number of unbranched alkanes of at least 4 members (excludes halogenated alkanes) is 2. The number of allylic oxidation sites excluding steroid dienone is 4. The molecule has 8 nitrogen and oxygen atoms in total. The van der Waals surface area contributed by atoms with Crippen LogP contribution in [0, 0.1) is 0 Å². The summed E-state index contributed by atoms with van der Waals surface area (Å²) in [5.74, 6) is -1.09. The Hall–Kier alpha value is -2.99. The average Bonchev–Trinajstić information content (AvgIpc) is 3.29. The van der Waals surface area contributed by atoms with Gasteiger partial charge in [0.15, 0.2) is 5.11 Å². The van der Waals surface area contributed by atoms with E-state index in [2.05, 4.69) is 11.0 Å². The van der Waals surface area contributed by atoms with Gasteiger partial charge in [-0.15, -0.1) is 0 Å². The summed E-state index contributed by atoms with van der Waals surface area (Å²) in [4.78, 5) is 32.6. The number of carbonyl (C=O) groups is 2. The third-order valence-electron chi connectivity index (χ3n) is 6.89. The molecule has 0 saturated carbocycles. The first-order valence-electron chi connectivity index (χ1n) is 13.8. The summed E-state index contributed by atoms with van der Waals surface area (Å²) >= 11 is 7.08. The first-order chi connectivity index (χ1) is 19.7. The van der Waals surface area contributed by atoms with Crippen molar-refractivity contribution in [2.75, 3.05) is 30.3 Å². The van der Waals surface area contributed by atoms with Crippen molar-refractivity contribution in [3.05, 3.63) is 71.3 Å². The Labute approximate surface area is 251 Å². The van der Waals surface area contributed by atoms with Crippen molar-refractivity contribution in [1.82, 2.24) is 9.80 Å². The summed E-state index contributed by atoms with van der Waals surface area (Å²) in [6.45, 7) is 5.41. The summed E-state index contributed by atoms with van der Waals surface area (Å²) < 4.78 is 32.0. The Balaban J connectivity index is 1.62. The number of thioether (sulfide) groups is 1. The van der Waals surface area contributed by atoms with Crippen molar-refractivity contribution in [3.8, 4) is 0 Å². The zero-order chi connectivity index (χ0) is 29.6. The Morgan fingerprint density at radius 3 is 2.10 bits per heavy atom. The predicted octanol–water partition coefficient (Wildman–Crippen LogP) is 5.91. The number of nitrogens with zero attached hydrogens (tertiary/aromatic N) is 3. The first-order valence-corrected chi connectivity index (χ1v) is 16.7. The minimum atomic E-state index is -4.08. The van der Waals surface area contributed by atoms with Gasteiger partial charge in [0, 0.05) is 29.9 Å². The number of hydrogen-bond donors (Lipinski definition) is 1. The molecule has 0 aromatic heterocycles. The Morgan fingerprint density at radius 1 is 0.854 bits per heavy atom. The van der Waals surface area contributed by atoms with Crippen molar-refractivity contribution >= 4 is 67.5 Å². The van der Waals surface area contributed by atoms with E-state index >= 15 is 0 Å². The van der Waals surface area contributed by atoms with Gasteiger partial charge in [-0.25, -0.2) is 0 Å². The standard InChI is InChI=1S/C30H35N3O5S3/c1-3-5-18-32-28(34)24(29(35)33(30(32)39)19-6-4-2)14-9-10-15-26-31(20-11-21-41(36,37)38)27-23-13-8-7-12-22(23)16-17-25(27)40-26/h7-10,12-17H,3-6,11,18-21H2,1-2H3,(H,36,37,38)/b10-9+,26-15-. The molecule has 2 amide bonds. The van der Waals surface area contributed by atoms with Crippen LogP contribution in [0.5, 0.6) is 0 Å². The molecular weight excluding hydrogens is 579 g/mol. The summed E-state index contributed by atoms with van der Waals surface area (Å²) in [5, 5.41) is 3.27. The minimum Gasteiger partial charge on any atom is -0.334 e. The van der Waals surface area contributed by atoms with E-state index < -0.39 is 10.1 Å². The third-order valence-corrected chi connectivity index (χ3v) is 9.25. The van der Waals surface area contributed by atoms with E-state index in [0.29, 0.717) is 19.6 Å². The van der Waals surface area contributed by atoms with E-state index in [-0.39, 0.29) is 34.7 Å². The summed E-state index contributed by atoms with van der Waals surface area (Å²) in [7, 11) is -4.08. The average molecular weight is 614 g/mol. The van der Waals surface area contributed by atoms with Crippen molar-refractivity contribution in [2.24, 2.45) is 0 Å². The largest absolute Gasteiger partial charge is 0.334 e. The zero-order valence-corrected chi connectivity index (χ0v) is 25.7. The quantitative estimate of drug-likeness (QED) is 0.137. The molecule has 2 aliphatic heterocycles. The number of hydrogen-bond acceptors (Lipinski definition) is 7. The molecule has 0 spiro atoms. The molecule has 1 N–H and O–H groups in total. The highest BCUT2D eigenvalue weighted by atomic mass is 32.2. The van der Waals surface area contributed by atoms with E-state index in [1.54, 1.807) is 30.0 Å². The van der Waals surface area contributed by atoms with Gasteiger partial charge in [-0.2, -0.15) is 8.42 Å². The van der Waals surface area contributed by atoms with Crippen LogP contribution in [0.15, 0.2) is 76.2 Å². The summed E-state index contributed by atoms with van der Waals surface area (Å²) in [5.41, 5.74) is 1.07. The monoisotopic (exact) mass is 613 g/mol. The molecule has 0 unspecified atom stereocenters. The summed E-state index contributed by atoms with van der Waals surface area (Å²) in [6.07, 6.45) is 10.5. The van der Waals surface area contributed by atoms with Crippen LogP contribution in [0.25, 0.3) is 10.8 Å². The molecule has 4 rings (SSSR count). The molecule has 0 aliphatic carbocycles. The molecule has 218 valence electrons. The highest BCUT2D eigenvalue weighted by Crippen LogP contribution is 2.49. The molecule has 2 heterocycles. The number of thiocarbonyl (C=S) groups is 1. The number of benzene rings is 2. The van der Waals surface area contributed by atoms with E-state index in [4.69, 9.17) is 12.2 Å². The second-order valence-corrected chi connectivity index (χ2v) is 12.9. The topological polar surface area (TPSA) is 98.2 Å². The minimum absolute atomic E-state index is 0.0822. The molecule has 1 fully saturated rings. The Morgan fingerprint density at radius 2 is 1.46 bits per heavy atom. The SMILES string of the molecule is CCCCN1C(=O)C(=C/C=C/C=C2\Sc3ccc4ccccc4c3N2CCCS(=O)(=O)O)C(=O)N(CCCC)C1=S. The lowest BCUT2D eigenvalue weighted by molar-refractivity contribution is -0.133. The van der Waals surface area contributed by atoms with Crippen LogP contribution >= 0.6 is 24.0 Å². The lowest BCUT2D eigenvalue weighted by Crippen LogP contribution is -2.56. The van der Waals surface area contributed by atoms with E-state index in [1.807, 2.05) is 50.3 Å². The van der Waals surface area contributed by atoms with Gasteiger partial charge in [-0.1, -0.05) is 80.9 Å². The van der Waals surface area contributed by atoms with Gasteiger partial charge in [-0.05, 0) is 55.1 Å². The van der Waals surface area contributed by atoms with Gasteiger partial charge >= 0.3 is 0 Å². The molecule has 1 saturated heterocycles. The van der Waals surface area contributed by atoms with Gasteiger partial charge in [0.1, 0.15) is 5.57 Å². The molecule has 2 aromatic carbocycles. The fourth-order valence-electron chi connectivity index (χ4n) is 4.79. The molecular formula is C30H35N3O5S3. The molecule has 0 atom stereocenters. The van der Waals surface area contributed by atoms with Crippen LogP contribution in [0.1, 0.15) is 46.0 Å². The molecule has 41 heavy (non-hydrogen) atoms. The van der Waals surface area contributed by atoms with Crippen LogP contribution in [0.2, 0.25) is 0 Å². The van der Waals surface area contributed by atoms with Crippen LogP contribution in [0.3, 0.4) is 0 Å². The molecule has 2 aliphatic rings. The molecule has 11 heteroatoms. The van der Waals surface area contributed by atoms with Crippen molar-refractivity contribution < 1.29 is 22.6 Å². The maximum absolute atomic E-state index is 13.2. The lowest BCUT2D eigenvalue weighted by Gasteiger charge is -2.36. The van der Waals surface area contributed by atoms with E-state index in [1.165, 1.54) is 9.80 Å². The third kappa shape index (κ3) is 7.27. The number of fused-ring (bicyclic) bond motifs is 3. The second-order valence-electron chi connectivity index (χ2n) is 9.90. The summed E-state index contributed by atoms with van der Waals surface area (Å²) in [6, 6.07) is 12.1. The van der Waals surface area contributed by atoms with Gasteiger partial charge < -0.3 is 4.90 Å². The fraction of sp³-hybridized carbons (Fsp3) is 0.367. The Kier molecular flexibility index (Phi) is 10.4. The maximum atomic E-state index is 13.2. The number of carbonyl (C=O) groups excluding carboxylic acids is 2. The van der Waals surface area contributed by atoms with E-state index in [0.717, 1.165) is 52.1 Å². The van der Waals surface area contributed by atoms with Gasteiger partial charge in [0.05, 0.1) is 16.5 Å². The van der Waals surface area contributed by atoms with Crippen LogP contribution in [0.4, 0.5) is 5.69 Å². The van der Waals surface area contributed by atoms with Gasteiger partial charge in [0.2, 0.25) is 0 Å². The highest BCUT2D eigenvalue weighted by molar-refractivity contribution is 8.03. The van der Waals surface area contributed by atoms with E-state index in [9.17, 15) is 22.6 Å². The Bertz CT molecular complexity index is 1500.